The third-order valence-electron chi connectivity index (χ3n) is 6.71. The van der Waals surface area contributed by atoms with Gasteiger partial charge in [0, 0.05) is 35.6 Å². The third kappa shape index (κ3) is 8.22. The average Bonchev–Trinajstić information content (AvgIpc) is 2.99. The maximum Gasteiger partial charge on any atom is 0.491 e. The van der Waals surface area contributed by atoms with Crippen LogP contribution < -0.4 is 25.8 Å². The molecule has 4 rings (SSSR count). The molecule has 15 heteroatoms. The first-order valence-corrected chi connectivity index (χ1v) is 16.2. The van der Waals surface area contributed by atoms with Gasteiger partial charge in [0.2, 0.25) is 0 Å². The molecule has 1 aromatic heterocycles. The van der Waals surface area contributed by atoms with Crippen molar-refractivity contribution in [1.82, 2.24) is 10.3 Å². The van der Waals surface area contributed by atoms with Gasteiger partial charge in [-0.3, -0.25) is 4.79 Å². The van der Waals surface area contributed by atoms with Crippen molar-refractivity contribution in [2.24, 2.45) is 0 Å². The van der Waals surface area contributed by atoms with Crippen molar-refractivity contribution in [3.05, 3.63) is 84.1 Å². The molecule has 0 saturated heterocycles. The van der Waals surface area contributed by atoms with Gasteiger partial charge in [-0.1, -0.05) is 12.1 Å². The summed E-state index contributed by atoms with van der Waals surface area (Å²) in [6.45, 7) is 4.98. The number of aromatic nitrogens is 1. The summed E-state index contributed by atoms with van der Waals surface area (Å²) in [7, 11) is -3.61. The molecule has 0 aliphatic heterocycles. The van der Waals surface area contributed by atoms with E-state index < -0.39 is 33.6 Å². The van der Waals surface area contributed by atoms with Gasteiger partial charge in [-0.25, -0.2) is 18.2 Å². The second kappa shape index (κ2) is 13.7. The number of ether oxygens (including phenoxy) is 3. The number of pyridine rings is 1. The quantitative estimate of drug-likeness (QED) is 0.136. The molecule has 250 valence electrons. The second-order valence-corrected chi connectivity index (χ2v) is 12.7. The zero-order valence-corrected chi connectivity index (χ0v) is 26.7. The SMILES string of the molecule is CCOc1cc(C(Nc2ccc3c(N)nccc3c2)(OC(=O)C(F)(F)F)C(=O)NCc2cccc(S(C)(=O)=O)c2)ccc1OC(C)C. The van der Waals surface area contributed by atoms with Gasteiger partial charge in [0.05, 0.1) is 17.6 Å². The Morgan fingerprint density at radius 1 is 1.00 bits per heavy atom. The Morgan fingerprint density at radius 2 is 1.74 bits per heavy atom. The lowest BCUT2D eigenvalue weighted by Crippen LogP contribution is -2.54. The molecule has 0 saturated carbocycles. The van der Waals surface area contributed by atoms with Gasteiger partial charge in [-0.2, -0.15) is 13.2 Å². The number of amides is 1. The lowest BCUT2D eigenvalue weighted by Gasteiger charge is -2.34. The summed E-state index contributed by atoms with van der Waals surface area (Å²) in [6.07, 6.45) is -3.37. The zero-order chi connectivity index (χ0) is 34.6. The molecule has 4 aromatic rings. The van der Waals surface area contributed by atoms with Crippen LogP contribution in [0.5, 0.6) is 11.5 Å². The van der Waals surface area contributed by atoms with Gasteiger partial charge in [-0.15, -0.1) is 0 Å². The summed E-state index contributed by atoms with van der Waals surface area (Å²) < 4.78 is 82.2. The molecule has 3 aromatic carbocycles. The predicted octanol–water partition coefficient (Wildman–Crippen LogP) is 5.09. The monoisotopic (exact) mass is 674 g/mol. The van der Waals surface area contributed by atoms with E-state index in [1.54, 1.807) is 26.8 Å². The molecule has 1 heterocycles. The molecule has 0 aliphatic carbocycles. The van der Waals surface area contributed by atoms with Gasteiger partial charge >= 0.3 is 12.1 Å². The van der Waals surface area contributed by atoms with E-state index in [0.29, 0.717) is 16.3 Å². The van der Waals surface area contributed by atoms with Crippen LogP contribution in [0.1, 0.15) is 31.9 Å². The molecule has 1 amide bonds. The van der Waals surface area contributed by atoms with E-state index in [4.69, 9.17) is 19.9 Å². The van der Waals surface area contributed by atoms with Gasteiger partial charge in [-0.05, 0) is 86.3 Å². The highest BCUT2D eigenvalue weighted by Gasteiger charge is 2.52. The van der Waals surface area contributed by atoms with Crippen molar-refractivity contribution in [2.45, 2.75) is 50.2 Å². The van der Waals surface area contributed by atoms with E-state index in [2.05, 4.69) is 15.6 Å². The zero-order valence-electron chi connectivity index (χ0n) is 25.8. The van der Waals surface area contributed by atoms with E-state index >= 15 is 0 Å². The number of carbonyl (C=O) groups is 2. The minimum Gasteiger partial charge on any atom is -0.490 e. The standard InChI is InChI=1S/C32H33F3N4O7S/c1-5-44-27-17-22(9-12-26(27)45-19(2)3)31(46-30(41)32(33,34)35,39-23-10-11-25-21(16-23)13-14-37-28(25)36)29(40)38-18-20-7-6-8-24(15-20)47(4,42)43/h6-17,19,39H,5,18H2,1-4H3,(H2,36,37)(H,38,40). The molecular weight excluding hydrogens is 641 g/mol. The van der Waals surface area contributed by atoms with Crippen LogP contribution in [0.15, 0.2) is 77.8 Å². The molecular formula is C32H33F3N4O7S. The van der Waals surface area contributed by atoms with Crippen LogP contribution in [-0.2, 0) is 36.4 Å². The van der Waals surface area contributed by atoms with Crippen LogP contribution in [0.2, 0.25) is 0 Å². The molecule has 0 aliphatic rings. The van der Waals surface area contributed by atoms with Crippen LogP contribution in [0.4, 0.5) is 24.7 Å². The lowest BCUT2D eigenvalue weighted by molar-refractivity contribution is -0.213. The number of hydrogen-bond acceptors (Lipinski definition) is 10. The summed E-state index contributed by atoms with van der Waals surface area (Å²) in [5.41, 5.74) is 3.25. The van der Waals surface area contributed by atoms with Crippen molar-refractivity contribution >= 4 is 44.0 Å². The number of nitrogen functional groups attached to an aromatic ring is 1. The largest absolute Gasteiger partial charge is 0.491 e. The maximum atomic E-state index is 14.2. The van der Waals surface area contributed by atoms with E-state index in [1.165, 1.54) is 66.9 Å². The Balaban J connectivity index is 1.90. The Labute approximate surface area is 269 Å². The molecule has 47 heavy (non-hydrogen) atoms. The summed E-state index contributed by atoms with van der Waals surface area (Å²) >= 11 is 0. The number of anilines is 2. The molecule has 0 fully saturated rings. The molecule has 1 unspecified atom stereocenters. The second-order valence-electron chi connectivity index (χ2n) is 10.7. The highest BCUT2D eigenvalue weighted by atomic mass is 32.2. The smallest absolute Gasteiger partial charge is 0.490 e. The van der Waals surface area contributed by atoms with Crippen molar-refractivity contribution in [2.75, 3.05) is 23.9 Å². The van der Waals surface area contributed by atoms with Gasteiger partial charge in [0.25, 0.3) is 11.6 Å². The molecule has 4 N–H and O–H groups in total. The minimum absolute atomic E-state index is 0.0378. The van der Waals surface area contributed by atoms with Crippen molar-refractivity contribution in [3.63, 3.8) is 0 Å². The van der Waals surface area contributed by atoms with Crippen LogP contribution in [-0.4, -0.2) is 50.4 Å². The van der Waals surface area contributed by atoms with Crippen molar-refractivity contribution in [3.8, 4) is 11.5 Å². The summed E-state index contributed by atoms with van der Waals surface area (Å²) in [5, 5.41) is 6.26. The molecule has 11 nitrogen and oxygen atoms in total. The Morgan fingerprint density at radius 3 is 2.40 bits per heavy atom. The first-order chi connectivity index (χ1) is 22.0. The Kier molecular flexibility index (Phi) is 10.2. The number of halogens is 3. The summed E-state index contributed by atoms with van der Waals surface area (Å²) in [4.78, 5) is 30.7. The molecule has 0 radical (unpaired) electrons. The predicted molar refractivity (Wildman–Crippen MR) is 168 cm³/mol. The third-order valence-corrected chi connectivity index (χ3v) is 7.82. The maximum absolute atomic E-state index is 14.2. The highest BCUT2D eigenvalue weighted by molar-refractivity contribution is 7.90. The van der Waals surface area contributed by atoms with E-state index in [0.717, 1.165) is 6.26 Å². The summed E-state index contributed by atoms with van der Waals surface area (Å²) in [5.74, 6) is -3.38. The number of alkyl halides is 3. The number of fused-ring (bicyclic) bond motifs is 1. The van der Waals surface area contributed by atoms with Gasteiger partial charge in [0.1, 0.15) is 5.82 Å². The van der Waals surface area contributed by atoms with Crippen molar-refractivity contribution in [1.29, 1.82) is 0 Å². The first kappa shape index (κ1) is 34.8. The van der Waals surface area contributed by atoms with E-state index in [1.807, 2.05) is 0 Å². The minimum atomic E-state index is -5.50. The lowest BCUT2D eigenvalue weighted by atomic mass is 9.99. The van der Waals surface area contributed by atoms with Crippen LogP contribution in [0, 0.1) is 0 Å². The molecule has 0 bridgehead atoms. The number of nitrogens with zero attached hydrogens (tertiary/aromatic N) is 1. The fourth-order valence-electron chi connectivity index (χ4n) is 4.61. The number of sulfone groups is 1. The van der Waals surface area contributed by atoms with Crippen LogP contribution in [0.3, 0.4) is 0 Å². The number of carbonyl (C=O) groups excluding carboxylic acids is 2. The number of rotatable bonds is 12. The fourth-order valence-corrected chi connectivity index (χ4v) is 5.30. The number of nitrogens with one attached hydrogen (secondary N) is 2. The normalized spacial score (nSPS) is 13.1. The number of esters is 1. The van der Waals surface area contributed by atoms with E-state index in [9.17, 15) is 31.2 Å². The number of benzene rings is 3. The highest BCUT2D eigenvalue weighted by Crippen LogP contribution is 2.38. The van der Waals surface area contributed by atoms with Crippen molar-refractivity contribution < 1.29 is 45.4 Å². The van der Waals surface area contributed by atoms with E-state index in [-0.39, 0.29) is 52.7 Å². The number of hydrogen-bond donors (Lipinski definition) is 3. The summed E-state index contributed by atoms with van der Waals surface area (Å²) in [6, 6.07) is 15.6. The van der Waals surface area contributed by atoms with Gasteiger partial charge < -0.3 is 30.6 Å². The Hall–Kier alpha value is -5.05. The fraction of sp³-hybridized carbons (Fsp3) is 0.281. The van der Waals surface area contributed by atoms with Crippen LogP contribution in [0.25, 0.3) is 10.8 Å². The topological polar surface area (TPSA) is 159 Å². The van der Waals surface area contributed by atoms with Gasteiger partial charge in [0.15, 0.2) is 21.3 Å². The number of nitrogens with two attached hydrogens (primary N) is 1. The molecule has 0 spiro atoms. The van der Waals surface area contributed by atoms with Crippen LogP contribution >= 0.6 is 0 Å². The average molecular weight is 675 g/mol. The molecule has 1 atom stereocenters. The first-order valence-electron chi connectivity index (χ1n) is 14.3. The Bertz CT molecular complexity index is 1900.